The number of benzene rings is 2. The summed E-state index contributed by atoms with van der Waals surface area (Å²) < 4.78 is 1.50. The van der Waals surface area contributed by atoms with E-state index in [2.05, 4.69) is 18.0 Å². The van der Waals surface area contributed by atoms with Crippen LogP contribution in [0.2, 0.25) is 0 Å². The molecular formula is C18H15N3O3S2. The van der Waals surface area contributed by atoms with Crippen molar-refractivity contribution in [2.24, 2.45) is 0 Å². The zero-order chi connectivity index (χ0) is 18.3. The Hall–Kier alpha value is -2.45. The molecule has 0 saturated carbocycles. The molecule has 3 aromatic rings. The smallest absolute Gasteiger partial charge is 0.270 e. The lowest BCUT2D eigenvalue weighted by molar-refractivity contribution is -0.384. The molecular weight excluding hydrogens is 370 g/mol. The van der Waals surface area contributed by atoms with Crippen LogP contribution in [0.5, 0.6) is 0 Å². The van der Waals surface area contributed by atoms with Crippen molar-refractivity contribution in [1.29, 1.82) is 0 Å². The standard InChI is InChI=1S/C18H15N3O3S2/c1-11-8-12-4-2-3-5-15(12)20(11)17(22)10-25-18-19-14-7-6-13(21(23)24)9-16(14)26-18/h2-7,9,11H,8,10H2,1H3/t11-/m0/s1. The fourth-order valence-corrected chi connectivity index (χ4v) is 5.17. The van der Waals surface area contributed by atoms with E-state index in [9.17, 15) is 14.9 Å². The topological polar surface area (TPSA) is 76.3 Å². The highest BCUT2D eigenvalue weighted by molar-refractivity contribution is 8.01. The number of hydrogen-bond donors (Lipinski definition) is 0. The maximum atomic E-state index is 12.7. The van der Waals surface area contributed by atoms with Gasteiger partial charge in [-0.3, -0.25) is 14.9 Å². The molecule has 4 rings (SSSR count). The number of rotatable bonds is 4. The first-order chi connectivity index (χ1) is 12.5. The van der Waals surface area contributed by atoms with Gasteiger partial charge >= 0.3 is 0 Å². The average molecular weight is 385 g/mol. The predicted octanol–water partition coefficient (Wildman–Crippen LogP) is 4.27. The zero-order valence-electron chi connectivity index (χ0n) is 13.9. The van der Waals surface area contributed by atoms with Crippen LogP contribution in [0.15, 0.2) is 46.8 Å². The minimum atomic E-state index is -0.415. The second-order valence-electron chi connectivity index (χ2n) is 6.12. The molecule has 1 aliphatic heterocycles. The van der Waals surface area contributed by atoms with Crippen molar-refractivity contribution >= 4 is 50.6 Å². The van der Waals surface area contributed by atoms with Gasteiger partial charge in [0, 0.05) is 23.9 Å². The Balaban J connectivity index is 1.49. The molecule has 0 aliphatic carbocycles. The van der Waals surface area contributed by atoms with Crippen LogP contribution in [0.3, 0.4) is 0 Å². The number of carbonyl (C=O) groups excluding carboxylic acids is 1. The molecule has 0 unspecified atom stereocenters. The third-order valence-corrected chi connectivity index (χ3v) is 6.50. The van der Waals surface area contributed by atoms with Gasteiger partial charge in [-0.1, -0.05) is 30.0 Å². The number of nitro groups is 1. The van der Waals surface area contributed by atoms with Crippen molar-refractivity contribution in [3.8, 4) is 0 Å². The highest BCUT2D eigenvalue weighted by atomic mass is 32.2. The summed E-state index contributed by atoms with van der Waals surface area (Å²) in [5.41, 5.74) is 2.96. The highest BCUT2D eigenvalue weighted by Gasteiger charge is 2.30. The van der Waals surface area contributed by atoms with E-state index in [0.29, 0.717) is 5.75 Å². The molecule has 26 heavy (non-hydrogen) atoms. The lowest BCUT2D eigenvalue weighted by Gasteiger charge is -2.22. The summed E-state index contributed by atoms with van der Waals surface area (Å²) in [6.07, 6.45) is 0.872. The summed E-state index contributed by atoms with van der Waals surface area (Å²) in [6, 6.07) is 12.8. The third kappa shape index (κ3) is 3.06. The van der Waals surface area contributed by atoms with Crippen LogP contribution in [0.25, 0.3) is 10.2 Å². The Morgan fingerprint density at radius 1 is 1.38 bits per heavy atom. The number of hydrogen-bond acceptors (Lipinski definition) is 6. The van der Waals surface area contributed by atoms with Crippen molar-refractivity contribution in [2.45, 2.75) is 23.7 Å². The van der Waals surface area contributed by atoms with Crippen molar-refractivity contribution in [1.82, 2.24) is 4.98 Å². The van der Waals surface area contributed by atoms with Gasteiger partial charge < -0.3 is 4.90 Å². The van der Waals surface area contributed by atoms with E-state index in [-0.39, 0.29) is 17.6 Å². The predicted molar refractivity (Wildman–Crippen MR) is 104 cm³/mol. The molecule has 2 heterocycles. The summed E-state index contributed by atoms with van der Waals surface area (Å²) in [5, 5.41) is 10.9. The van der Waals surface area contributed by atoms with E-state index >= 15 is 0 Å². The minimum absolute atomic E-state index is 0.0521. The number of thiazole rings is 1. The second-order valence-corrected chi connectivity index (χ2v) is 8.38. The lowest BCUT2D eigenvalue weighted by atomic mass is 10.1. The number of para-hydroxylation sites is 1. The van der Waals surface area contributed by atoms with E-state index in [1.807, 2.05) is 23.1 Å². The number of fused-ring (bicyclic) bond motifs is 2. The fourth-order valence-electron chi connectivity index (χ4n) is 3.21. The van der Waals surface area contributed by atoms with Crippen molar-refractivity contribution < 1.29 is 9.72 Å². The van der Waals surface area contributed by atoms with Crippen LogP contribution >= 0.6 is 23.1 Å². The maximum Gasteiger partial charge on any atom is 0.270 e. The van der Waals surface area contributed by atoms with E-state index in [1.165, 1.54) is 40.8 Å². The van der Waals surface area contributed by atoms with Gasteiger partial charge in [-0.15, -0.1) is 11.3 Å². The Kier molecular flexibility index (Phi) is 4.37. The summed E-state index contributed by atoms with van der Waals surface area (Å²) in [5.74, 6) is 0.346. The van der Waals surface area contributed by atoms with Crippen LogP contribution in [0.4, 0.5) is 11.4 Å². The molecule has 0 saturated heterocycles. The van der Waals surface area contributed by atoms with Gasteiger partial charge in [-0.2, -0.15) is 0 Å². The van der Waals surface area contributed by atoms with Gasteiger partial charge in [0.05, 0.1) is 20.9 Å². The van der Waals surface area contributed by atoms with Crippen molar-refractivity contribution in [3.63, 3.8) is 0 Å². The zero-order valence-corrected chi connectivity index (χ0v) is 15.5. The van der Waals surface area contributed by atoms with Gasteiger partial charge in [0.1, 0.15) is 0 Å². The number of nitrogens with zero attached hydrogens (tertiary/aromatic N) is 3. The SMILES string of the molecule is C[C@H]1Cc2ccccc2N1C(=O)CSc1nc2ccc([N+](=O)[O-])cc2s1. The molecule has 0 spiro atoms. The Bertz CT molecular complexity index is 1020. The molecule has 0 N–H and O–H groups in total. The number of thioether (sulfide) groups is 1. The van der Waals surface area contributed by atoms with Gasteiger partial charge in [0.25, 0.3) is 5.69 Å². The molecule has 6 nitrogen and oxygen atoms in total. The molecule has 1 amide bonds. The van der Waals surface area contributed by atoms with E-state index in [0.717, 1.165) is 26.7 Å². The molecule has 132 valence electrons. The summed E-state index contributed by atoms with van der Waals surface area (Å²) in [4.78, 5) is 29.5. The van der Waals surface area contributed by atoms with Crippen LogP contribution in [-0.2, 0) is 11.2 Å². The fraction of sp³-hybridized carbons (Fsp3) is 0.222. The first-order valence-electron chi connectivity index (χ1n) is 8.10. The third-order valence-electron chi connectivity index (χ3n) is 4.36. The number of carbonyl (C=O) groups is 1. The summed E-state index contributed by atoms with van der Waals surface area (Å²) in [7, 11) is 0. The lowest BCUT2D eigenvalue weighted by Crippen LogP contribution is -2.36. The van der Waals surface area contributed by atoms with Crippen molar-refractivity contribution in [2.75, 3.05) is 10.7 Å². The van der Waals surface area contributed by atoms with Gasteiger partial charge in [0.15, 0.2) is 4.34 Å². The molecule has 2 aromatic carbocycles. The Labute approximate surface area is 158 Å². The van der Waals surface area contributed by atoms with Crippen LogP contribution in [0, 0.1) is 10.1 Å². The number of non-ortho nitro benzene ring substituents is 1. The minimum Gasteiger partial charge on any atom is -0.308 e. The normalized spacial score (nSPS) is 16.0. The van der Waals surface area contributed by atoms with Gasteiger partial charge in [-0.05, 0) is 31.0 Å². The van der Waals surface area contributed by atoms with Gasteiger partial charge in [-0.25, -0.2) is 4.98 Å². The number of anilines is 1. The van der Waals surface area contributed by atoms with Gasteiger partial charge in [0.2, 0.25) is 5.91 Å². The second kappa shape index (κ2) is 6.69. The molecule has 0 fully saturated rings. The Morgan fingerprint density at radius 3 is 3.00 bits per heavy atom. The van der Waals surface area contributed by atoms with Crippen LogP contribution < -0.4 is 4.90 Å². The number of nitro benzene ring substituents is 1. The van der Waals surface area contributed by atoms with Crippen molar-refractivity contribution in [3.05, 3.63) is 58.1 Å². The van der Waals surface area contributed by atoms with E-state index in [1.54, 1.807) is 6.07 Å². The largest absolute Gasteiger partial charge is 0.308 e. The number of amides is 1. The molecule has 1 atom stereocenters. The van der Waals surface area contributed by atoms with E-state index < -0.39 is 4.92 Å². The molecule has 1 aliphatic rings. The summed E-state index contributed by atoms with van der Waals surface area (Å²) in [6.45, 7) is 2.05. The summed E-state index contributed by atoms with van der Waals surface area (Å²) >= 11 is 2.75. The monoisotopic (exact) mass is 385 g/mol. The first kappa shape index (κ1) is 17.0. The Morgan fingerprint density at radius 2 is 2.19 bits per heavy atom. The molecule has 0 bridgehead atoms. The van der Waals surface area contributed by atoms with E-state index in [4.69, 9.17) is 0 Å². The van der Waals surface area contributed by atoms with Crippen LogP contribution in [0.1, 0.15) is 12.5 Å². The number of aromatic nitrogens is 1. The molecule has 1 aromatic heterocycles. The van der Waals surface area contributed by atoms with Crippen LogP contribution in [-0.4, -0.2) is 27.6 Å². The first-order valence-corrected chi connectivity index (χ1v) is 9.91. The average Bonchev–Trinajstić information content (AvgIpc) is 3.18. The molecule has 0 radical (unpaired) electrons. The quantitative estimate of drug-likeness (QED) is 0.381. The maximum absolute atomic E-state index is 12.7. The highest BCUT2D eigenvalue weighted by Crippen LogP contribution is 2.35. The molecule has 8 heteroatoms.